The Labute approximate surface area is 174 Å². The number of carboxylic acid groups (broad SMARTS) is 1. The van der Waals surface area contributed by atoms with Crippen molar-refractivity contribution in [1.29, 1.82) is 0 Å². The van der Waals surface area contributed by atoms with Crippen molar-refractivity contribution >= 4 is 40.1 Å². The fourth-order valence-corrected chi connectivity index (χ4v) is 4.52. The molecule has 1 aromatic heterocycles. The molecule has 0 bridgehead atoms. The minimum atomic E-state index is -0.798. The lowest BCUT2D eigenvalue weighted by molar-refractivity contribution is -0.137. The maximum Gasteiger partial charge on any atom is 0.304 e. The van der Waals surface area contributed by atoms with Crippen molar-refractivity contribution in [3.63, 3.8) is 0 Å². The molecule has 0 aliphatic carbocycles. The lowest BCUT2D eigenvalue weighted by Crippen LogP contribution is -2.28. The number of halogens is 2. The van der Waals surface area contributed by atoms with Gasteiger partial charge in [0, 0.05) is 58.6 Å². The first-order valence-electron chi connectivity index (χ1n) is 9.37. The number of likely N-dealkylation sites (N-methyl/N-ethyl adjacent to an activating group) is 1. The number of aromatic nitrogens is 1. The van der Waals surface area contributed by atoms with Crippen molar-refractivity contribution in [3.05, 3.63) is 69.3 Å². The Bertz CT molecular complexity index is 1030. The second kappa shape index (κ2) is 7.78. The quantitative estimate of drug-likeness (QED) is 0.621. The predicted molar refractivity (Wildman–Crippen MR) is 113 cm³/mol. The number of rotatable bonds is 5. The summed E-state index contributed by atoms with van der Waals surface area (Å²) in [4.78, 5) is 13.9. The van der Waals surface area contributed by atoms with E-state index in [-0.39, 0.29) is 12.3 Å². The lowest BCUT2D eigenvalue weighted by Gasteiger charge is -2.25. The molecule has 0 spiro atoms. The minimum Gasteiger partial charge on any atom is -0.481 e. The maximum absolute atomic E-state index is 11.6. The standard InChI is InChI=1S/C22H22Cl2N2O2/c1-25-9-8-21-19(13-25)18-11-17(24)6-7-20(18)26(21)12-15(10-22(27)28)14-2-4-16(23)5-3-14/h2-7,11,15H,8-10,12-13H2,1H3,(H,27,28). The molecule has 1 N–H and O–H groups in total. The molecule has 0 amide bonds. The zero-order chi connectivity index (χ0) is 19.8. The number of hydrogen-bond acceptors (Lipinski definition) is 2. The Morgan fingerprint density at radius 3 is 2.57 bits per heavy atom. The number of nitrogens with zero attached hydrogens (tertiary/aromatic N) is 2. The largest absolute Gasteiger partial charge is 0.481 e. The summed E-state index contributed by atoms with van der Waals surface area (Å²) in [5.41, 5.74) is 4.70. The molecule has 1 aliphatic heterocycles. The first kappa shape index (κ1) is 19.3. The van der Waals surface area contributed by atoms with E-state index in [9.17, 15) is 9.90 Å². The molecule has 1 atom stereocenters. The topological polar surface area (TPSA) is 45.5 Å². The van der Waals surface area contributed by atoms with Crippen LogP contribution in [0, 0.1) is 0 Å². The number of aliphatic carboxylic acids is 1. The molecule has 2 aromatic carbocycles. The Hall–Kier alpha value is -2.01. The van der Waals surface area contributed by atoms with Crippen LogP contribution >= 0.6 is 23.2 Å². The van der Waals surface area contributed by atoms with E-state index in [2.05, 4.69) is 22.6 Å². The highest BCUT2D eigenvalue weighted by molar-refractivity contribution is 6.31. The second-order valence-electron chi connectivity index (χ2n) is 7.53. The summed E-state index contributed by atoms with van der Waals surface area (Å²) in [6.45, 7) is 2.48. The number of fused-ring (bicyclic) bond motifs is 3. The number of benzene rings is 2. The van der Waals surface area contributed by atoms with Gasteiger partial charge in [0.25, 0.3) is 0 Å². The van der Waals surface area contributed by atoms with E-state index >= 15 is 0 Å². The summed E-state index contributed by atoms with van der Waals surface area (Å²) in [5, 5.41) is 12.0. The van der Waals surface area contributed by atoms with E-state index in [1.54, 1.807) is 0 Å². The van der Waals surface area contributed by atoms with Gasteiger partial charge in [-0.05, 0) is 48.5 Å². The predicted octanol–water partition coefficient (Wildman–Crippen LogP) is 5.19. The second-order valence-corrected chi connectivity index (χ2v) is 8.40. The van der Waals surface area contributed by atoms with Crippen LogP contribution in [-0.2, 0) is 24.3 Å². The molecule has 0 radical (unpaired) electrons. The highest BCUT2D eigenvalue weighted by Gasteiger charge is 2.25. The molecule has 28 heavy (non-hydrogen) atoms. The maximum atomic E-state index is 11.6. The van der Waals surface area contributed by atoms with Gasteiger partial charge >= 0.3 is 5.97 Å². The van der Waals surface area contributed by atoms with E-state index in [4.69, 9.17) is 23.2 Å². The highest BCUT2D eigenvalue weighted by Crippen LogP contribution is 2.35. The summed E-state index contributed by atoms with van der Waals surface area (Å²) in [6.07, 6.45) is 1.02. The van der Waals surface area contributed by atoms with Crippen LogP contribution in [0.2, 0.25) is 10.0 Å². The zero-order valence-corrected chi connectivity index (χ0v) is 17.2. The Morgan fingerprint density at radius 1 is 1.14 bits per heavy atom. The molecule has 0 fully saturated rings. The van der Waals surface area contributed by atoms with Gasteiger partial charge in [0.2, 0.25) is 0 Å². The van der Waals surface area contributed by atoms with Gasteiger partial charge in [0.1, 0.15) is 0 Å². The van der Waals surface area contributed by atoms with E-state index in [0.29, 0.717) is 11.6 Å². The third-order valence-corrected chi connectivity index (χ3v) is 6.06. The fourth-order valence-electron chi connectivity index (χ4n) is 4.22. The van der Waals surface area contributed by atoms with Crippen LogP contribution in [0.1, 0.15) is 29.2 Å². The third kappa shape index (κ3) is 3.77. The summed E-state index contributed by atoms with van der Waals surface area (Å²) < 4.78 is 2.30. The first-order chi connectivity index (χ1) is 13.4. The van der Waals surface area contributed by atoms with Crippen molar-refractivity contribution in [2.75, 3.05) is 13.6 Å². The van der Waals surface area contributed by atoms with Crippen LogP contribution < -0.4 is 0 Å². The summed E-state index contributed by atoms with van der Waals surface area (Å²) in [7, 11) is 2.12. The minimum absolute atomic E-state index is 0.0730. The van der Waals surface area contributed by atoms with Gasteiger partial charge in [-0.15, -0.1) is 0 Å². The number of carboxylic acids is 1. The molecular formula is C22H22Cl2N2O2. The van der Waals surface area contributed by atoms with Crippen LogP contribution in [0.15, 0.2) is 42.5 Å². The van der Waals surface area contributed by atoms with Gasteiger partial charge < -0.3 is 14.6 Å². The molecule has 6 heteroatoms. The van der Waals surface area contributed by atoms with Crippen molar-refractivity contribution in [3.8, 4) is 0 Å². The van der Waals surface area contributed by atoms with E-state index in [0.717, 1.165) is 35.6 Å². The Kier molecular flexibility index (Phi) is 5.37. The molecule has 4 rings (SSSR count). The van der Waals surface area contributed by atoms with Gasteiger partial charge in [-0.1, -0.05) is 35.3 Å². The van der Waals surface area contributed by atoms with E-state index in [1.165, 1.54) is 16.6 Å². The van der Waals surface area contributed by atoms with Gasteiger partial charge in [0.15, 0.2) is 0 Å². The molecule has 0 saturated heterocycles. The summed E-state index contributed by atoms with van der Waals surface area (Å²) in [5.74, 6) is -0.933. The molecule has 146 valence electrons. The van der Waals surface area contributed by atoms with Crippen LogP contribution in [-0.4, -0.2) is 34.1 Å². The van der Waals surface area contributed by atoms with Crippen LogP contribution in [0.4, 0.5) is 0 Å². The molecule has 0 saturated carbocycles. The molecule has 2 heterocycles. The molecule has 4 nitrogen and oxygen atoms in total. The van der Waals surface area contributed by atoms with Crippen LogP contribution in [0.3, 0.4) is 0 Å². The Morgan fingerprint density at radius 2 is 1.86 bits per heavy atom. The normalized spacial score (nSPS) is 15.5. The van der Waals surface area contributed by atoms with Gasteiger partial charge in [0.05, 0.1) is 6.42 Å². The summed E-state index contributed by atoms with van der Waals surface area (Å²) in [6, 6.07) is 13.5. The number of hydrogen-bond donors (Lipinski definition) is 1. The van der Waals surface area contributed by atoms with Gasteiger partial charge in [-0.3, -0.25) is 4.79 Å². The van der Waals surface area contributed by atoms with E-state index < -0.39 is 5.97 Å². The van der Waals surface area contributed by atoms with Crippen molar-refractivity contribution < 1.29 is 9.90 Å². The van der Waals surface area contributed by atoms with Crippen LogP contribution in [0.5, 0.6) is 0 Å². The average molecular weight is 417 g/mol. The SMILES string of the molecule is CN1CCc2c(c3cc(Cl)ccc3n2CC(CC(=O)O)c2ccc(Cl)cc2)C1. The summed E-state index contributed by atoms with van der Waals surface area (Å²) >= 11 is 12.3. The lowest BCUT2D eigenvalue weighted by atomic mass is 9.95. The van der Waals surface area contributed by atoms with Crippen molar-refractivity contribution in [1.82, 2.24) is 9.47 Å². The van der Waals surface area contributed by atoms with Crippen LogP contribution in [0.25, 0.3) is 10.9 Å². The molecular weight excluding hydrogens is 395 g/mol. The van der Waals surface area contributed by atoms with Gasteiger partial charge in [-0.2, -0.15) is 0 Å². The number of carbonyl (C=O) groups is 1. The molecule has 3 aromatic rings. The highest BCUT2D eigenvalue weighted by atomic mass is 35.5. The van der Waals surface area contributed by atoms with Crippen molar-refractivity contribution in [2.45, 2.75) is 31.8 Å². The van der Waals surface area contributed by atoms with E-state index in [1.807, 2.05) is 36.4 Å². The third-order valence-electron chi connectivity index (χ3n) is 5.57. The smallest absolute Gasteiger partial charge is 0.304 e. The monoisotopic (exact) mass is 416 g/mol. The zero-order valence-electron chi connectivity index (χ0n) is 15.7. The average Bonchev–Trinajstić information content (AvgIpc) is 2.94. The van der Waals surface area contributed by atoms with Gasteiger partial charge in [-0.25, -0.2) is 0 Å². The molecule has 1 aliphatic rings. The van der Waals surface area contributed by atoms with Crippen molar-refractivity contribution in [2.24, 2.45) is 0 Å². The molecule has 1 unspecified atom stereocenters. The fraction of sp³-hybridized carbons (Fsp3) is 0.318. The Balaban J connectivity index is 1.80. The first-order valence-corrected chi connectivity index (χ1v) is 10.1.